The largest absolute Gasteiger partial charge is 0.543 e. The fourth-order valence-electron chi connectivity index (χ4n) is 2.74. The predicted octanol–water partition coefficient (Wildman–Crippen LogP) is 0.350. The van der Waals surface area contributed by atoms with Gasteiger partial charge in [0.1, 0.15) is 0 Å². The highest BCUT2D eigenvalue weighted by Crippen LogP contribution is 2.37. The number of carboxylic acids is 2. The summed E-state index contributed by atoms with van der Waals surface area (Å²) in [6.07, 6.45) is 0. The zero-order valence-corrected chi connectivity index (χ0v) is 16.2. The van der Waals surface area contributed by atoms with Gasteiger partial charge in [0, 0.05) is 36.0 Å². The lowest BCUT2D eigenvalue weighted by atomic mass is 10.2. The van der Waals surface area contributed by atoms with Crippen LogP contribution in [0.4, 0.5) is 5.69 Å². The van der Waals surface area contributed by atoms with Crippen LogP contribution < -0.4 is 20.4 Å². The molecule has 0 saturated carbocycles. The van der Waals surface area contributed by atoms with E-state index in [-0.39, 0.29) is 0 Å². The molecule has 27 heavy (non-hydrogen) atoms. The monoisotopic (exact) mass is 386 g/mol. The molecule has 7 heteroatoms. The van der Waals surface area contributed by atoms with Crippen molar-refractivity contribution in [2.45, 2.75) is 23.6 Å². The van der Waals surface area contributed by atoms with Crippen molar-refractivity contribution in [1.29, 1.82) is 0 Å². The number of carbonyl (C=O) groups excluding carboxylic acids is 2. The fourth-order valence-corrected chi connectivity index (χ4v) is 3.78. The van der Waals surface area contributed by atoms with Crippen LogP contribution in [-0.2, 0) is 9.59 Å². The summed E-state index contributed by atoms with van der Waals surface area (Å²) in [6, 6.07) is 15.5. The van der Waals surface area contributed by atoms with Gasteiger partial charge in [-0.25, -0.2) is 0 Å². The standard InChI is InChI=1S/C18H22N2S.C2H2O4/c1-14-7-8-17(15(2)13-14)21-18-6-4-3-5-16(18)20-11-9-19-10-12-20;3-1(4)2(5)6/h3-8,13,19H,9-12H2,1-2H3;(H,3,4)(H,5,6)/p-2. The number of hydrogen-bond acceptors (Lipinski definition) is 7. The minimum Gasteiger partial charge on any atom is -0.543 e. The second kappa shape index (κ2) is 9.99. The molecule has 1 aliphatic heterocycles. The maximum atomic E-state index is 8.93. The third kappa shape index (κ3) is 6.30. The van der Waals surface area contributed by atoms with Crippen LogP contribution in [0.3, 0.4) is 0 Å². The molecule has 0 amide bonds. The molecule has 144 valence electrons. The predicted molar refractivity (Wildman–Crippen MR) is 102 cm³/mol. The van der Waals surface area contributed by atoms with Crippen LogP contribution in [0.1, 0.15) is 11.1 Å². The number of nitrogens with one attached hydrogen (secondary N) is 1. The molecule has 0 unspecified atom stereocenters. The van der Waals surface area contributed by atoms with Gasteiger partial charge in [-0.3, -0.25) is 0 Å². The Morgan fingerprint density at radius 2 is 1.59 bits per heavy atom. The van der Waals surface area contributed by atoms with Crippen molar-refractivity contribution in [2.75, 3.05) is 31.1 Å². The van der Waals surface area contributed by atoms with Gasteiger partial charge in [-0.15, -0.1) is 0 Å². The Bertz CT molecular complexity index is 792. The van der Waals surface area contributed by atoms with E-state index in [0.717, 1.165) is 26.2 Å². The highest BCUT2D eigenvalue weighted by Gasteiger charge is 2.14. The summed E-state index contributed by atoms with van der Waals surface area (Å²) < 4.78 is 0. The number of nitrogens with zero attached hydrogens (tertiary/aromatic N) is 1. The topological polar surface area (TPSA) is 95.5 Å². The molecule has 3 rings (SSSR count). The lowest BCUT2D eigenvalue weighted by Gasteiger charge is -2.31. The van der Waals surface area contributed by atoms with E-state index in [0.29, 0.717) is 0 Å². The molecule has 2 aromatic carbocycles. The molecular weight excluding hydrogens is 364 g/mol. The van der Waals surface area contributed by atoms with Gasteiger partial charge in [-0.2, -0.15) is 0 Å². The van der Waals surface area contributed by atoms with Crippen LogP contribution >= 0.6 is 11.8 Å². The van der Waals surface area contributed by atoms with Gasteiger partial charge in [0.2, 0.25) is 0 Å². The van der Waals surface area contributed by atoms with E-state index in [1.807, 2.05) is 11.8 Å². The van der Waals surface area contributed by atoms with Gasteiger partial charge in [0.05, 0.1) is 17.6 Å². The zero-order chi connectivity index (χ0) is 19.8. The minimum absolute atomic E-state index is 1.07. The molecule has 0 bridgehead atoms. The fraction of sp³-hybridized carbons (Fsp3) is 0.300. The Kier molecular flexibility index (Phi) is 7.69. The van der Waals surface area contributed by atoms with Crippen LogP contribution in [0.25, 0.3) is 0 Å². The Balaban J connectivity index is 0.000000380. The number of para-hydroxylation sites is 1. The number of carbonyl (C=O) groups is 2. The van der Waals surface area contributed by atoms with Gasteiger partial charge in [-0.1, -0.05) is 41.6 Å². The van der Waals surface area contributed by atoms with Crippen LogP contribution in [0, 0.1) is 13.8 Å². The average Bonchev–Trinajstić information content (AvgIpc) is 2.65. The number of aliphatic carboxylic acids is 2. The Labute approximate surface area is 163 Å². The molecule has 0 radical (unpaired) electrons. The average molecular weight is 386 g/mol. The normalized spacial score (nSPS) is 13.5. The molecule has 1 heterocycles. The third-order valence-corrected chi connectivity index (χ3v) is 5.28. The molecule has 1 saturated heterocycles. The van der Waals surface area contributed by atoms with Gasteiger partial charge in [-0.05, 0) is 37.6 Å². The van der Waals surface area contributed by atoms with Crippen molar-refractivity contribution in [3.05, 3.63) is 53.6 Å². The number of aryl methyl sites for hydroxylation is 2. The molecule has 0 aliphatic carbocycles. The van der Waals surface area contributed by atoms with Crippen LogP contribution in [0.5, 0.6) is 0 Å². The molecule has 1 fully saturated rings. The summed E-state index contributed by atoms with van der Waals surface area (Å²) >= 11 is 1.88. The lowest BCUT2D eigenvalue weighted by molar-refractivity contribution is -0.345. The van der Waals surface area contributed by atoms with Gasteiger partial charge in [0.15, 0.2) is 0 Å². The molecular formula is C20H22N2O4S-2. The SMILES string of the molecule is Cc1ccc(Sc2ccccc2N2CCNCC2)c(C)c1.O=C([O-])C(=O)[O-]. The van der Waals surface area contributed by atoms with E-state index < -0.39 is 11.9 Å². The van der Waals surface area contributed by atoms with Gasteiger partial charge in [0.25, 0.3) is 0 Å². The zero-order valence-electron chi connectivity index (χ0n) is 15.4. The first-order valence-corrected chi connectivity index (χ1v) is 9.42. The summed E-state index contributed by atoms with van der Waals surface area (Å²) in [6.45, 7) is 8.67. The second-order valence-electron chi connectivity index (χ2n) is 6.15. The van der Waals surface area contributed by atoms with Crippen molar-refractivity contribution in [1.82, 2.24) is 5.32 Å². The van der Waals surface area contributed by atoms with Crippen LogP contribution in [0.2, 0.25) is 0 Å². The summed E-state index contributed by atoms with van der Waals surface area (Å²) in [5.74, 6) is -4.37. The van der Waals surface area contributed by atoms with E-state index in [2.05, 4.69) is 66.5 Å². The highest BCUT2D eigenvalue weighted by molar-refractivity contribution is 7.99. The van der Waals surface area contributed by atoms with Crippen LogP contribution in [-0.4, -0.2) is 38.1 Å². The summed E-state index contributed by atoms with van der Waals surface area (Å²) in [5, 5.41) is 21.3. The number of anilines is 1. The van der Waals surface area contributed by atoms with Crippen molar-refractivity contribution in [3.63, 3.8) is 0 Å². The number of rotatable bonds is 3. The summed E-state index contributed by atoms with van der Waals surface area (Å²) in [5.41, 5.74) is 4.05. The highest BCUT2D eigenvalue weighted by atomic mass is 32.2. The molecule has 6 nitrogen and oxygen atoms in total. The van der Waals surface area contributed by atoms with Crippen molar-refractivity contribution in [3.8, 4) is 0 Å². The molecule has 1 aliphatic rings. The maximum Gasteiger partial charge on any atom is 0.0870 e. The first-order chi connectivity index (χ1) is 12.9. The van der Waals surface area contributed by atoms with Crippen molar-refractivity contribution >= 4 is 29.4 Å². The number of carboxylic acid groups (broad SMARTS) is 2. The minimum atomic E-state index is -2.19. The Hall–Kier alpha value is -2.51. The van der Waals surface area contributed by atoms with Crippen molar-refractivity contribution < 1.29 is 19.8 Å². The Morgan fingerprint density at radius 1 is 0.963 bits per heavy atom. The van der Waals surface area contributed by atoms with Gasteiger partial charge < -0.3 is 30.0 Å². The second-order valence-corrected chi connectivity index (χ2v) is 7.23. The number of piperazine rings is 1. The summed E-state index contributed by atoms with van der Waals surface area (Å²) in [4.78, 5) is 23.0. The molecule has 0 spiro atoms. The quantitative estimate of drug-likeness (QED) is 0.761. The van der Waals surface area contributed by atoms with Gasteiger partial charge >= 0.3 is 0 Å². The van der Waals surface area contributed by atoms with Crippen LogP contribution in [0.15, 0.2) is 52.3 Å². The summed E-state index contributed by atoms with van der Waals surface area (Å²) in [7, 11) is 0. The van der Waals surface area contributed by atoms with E-state index in [1.165, 1.54) is 26.6 Å². The van der Waals surface area contributed by atoms with E-state index in [9.17, 15) is 0 Å². The smallest absolute Gasteiger partial charge is 0.0870 e. The maximum absolute atomic E-state index is 8.93. The molecule has 0 atom stereocenters. The molecule has 2 aromatic rings. The number of benzene rings is 2. The van der Waals surface area contributed by atoms with E-state index >= 15 is 0 Å². The van der Waals surface area contributed by atoms with E-state index in [1.54, 1.807) is 0 Å². The first kappa shape index (κ1) is 20.8. The van der Waals surface area contributed by atoms with E-state index in [4.69, 9.17) is 19.8 Å². The molecule has 0 aromatic heterocycles. The third-order valence-electron chi connectivity index (χ3n) is 4.04. The lowest BCUT2D eigenvalue weighted by Crippen LogP contribution is -2.43. The first-order valence-electron chi connectivity index (χ1n) is 8.60. The van der Waals surface area contributed by atoms with Crippen molar-refractivity contribution in [2.24, 2.45) is 0 Å². The number of hydrogen-bond donors (Lipinski definition) is 1. The molecule has 1 N–H and O–H groups in total. The Morgan fingerprint density at radius 3 is 2.19 bits per heavy atom.